The number of aromatic nitrogens is 1. The Hall–Kier alpha value is -4.24. The summed E-state index contributed by atoms with van der Waals surface area (Å²) < 4.78 is 41.6. The van der Waals surface area contributed by atoms with Crippen molar-refractivity contribution in [2.75, 3.05) is 6.61 Å². The van der Waals surface area contributed by atoms with Crippen molar-refractivity contribution in [2.45, 2.75) is 51.2 Å². The minimum atomic E-state index is -3.95. The van der Waals surface area contributed by atoms with Crippen LogP contribution in [0.2, 0.25) is 5.04 Å². The van der Waals surface area contributed by atoms with E-state index in [1.807, 2.05) is 55.5 Å². The maximum atomic E-state index is 14.0. The van der Waals surface area contributed by atoms with E-state index in [1.165, 1.54) is 10.0 Å². The molecule has 0 aliphatic carbocycles. The first-order valence-corrected chi connectivity index (χ1v) is 18.4. The number of ether oxygens (including phenoxy) is 1. The Balaban J connectivity index is 1.69. The fourth-order valence-electron chi connectivity index (χ4n) is 5.93. The van der Waals surface area contributed by atoms with Crippen molar-refractivity contribution >= 4 is 51.7 Å². The number of carbonyl (C=O) groups excluding carboxylic acids is 1. The van der Waals surface area contributed by atoms with Crippen LogP contribution in [-0.4, -0.2) is 33.3 Å². The molecule has 0 fully saturated rings. The Labute approximate surface area is 267 Å². The standard InChI is InChI=1S/C37H39NO5SSi/c1-6-42-35(39)25-22-29-26-38(44(40,41)31-23-20-28(2)21-24-31)34-19-13-14-30(36(29)34)27-43-45(37(3,4)5,32-15-9-7-10-16-32)33-17-11-8-12-18-33/h7-26H,6,27H2,1-5H3/b25-22+. The molecule has 0 amide bonds. The average Bonchev–Trinajstić information content (AvgIpc) is 3.41. The number of esters is 1. The molecule has 0 aliphatic heterocycles. The van der Waals surface area contributed by atoms with Crippen LogP contribution in [0, 0.1) is 6.92 Å². The third-order valence-corrected chi connectivity index (χ3v) is 14.7. The van der Waals surface area contributed by atoms with Crippen molar-refractivity contribution in [1.82, 2.24) is 3.97 Å². The molecule has 4 aromatic carbocycles. The minimum absolute atomic E-state index is 0.180. The van der Waals surface area contributed by atoms with Crippen molar-refractivity contribution < 1.29 is 22.4 Å². The summed E-state index contributed by atoms with van der Waals surface area (Å²) in [5.41, 5.74) is 2.87. The molecule has 0 N–H and O–H groups in total. The second kappa shape index (κ2) is 13.0. The summed E-state index contributed by atoms with van der Waals surface area (Å²) in [4.78, 5) is 12.5. The lowest BCUT2D eigenvalue weighted by atomic mass is 10.1. The first kappa shape index (κ1) is 32.2. The van der Waals surface area contributed by atoms with E-state index in [0.29, 0.717) is 16.5 Å². The third kappa shape index (κ3) is 6.31. The van der Waals surface area contributed by atoms with Crippen LogP contribution in [0.1, 0.15) is 44.4 Å². The summed E-state index contributed by atoms with van der Waals surface area (Å²) in [7, 11) is -6.83. The molecule has 232 valence electrons. The monoisotopic (exact) mass is 637 g/mol. The lowest BCUT2D eigenvalue weighted by Gasteiger charge is -2.43. The Kier molecular flexibility index (Phi) is 9.30. The van der Waals surface area contributed by atoms with Gasteiger partial charge in [-0.15, -0.1) is 0 Å². The summed E-state index contributed by atoms with van der Waals surface area (Å²) in [5, 5.41) is 2.76. The second-order valence-corrected chi connectivity index (χ2v) is 18.2. The SMILES string of the molecule is CCOC(=O)/C=C/c1cn(S(=O)(=O)c2ccc(C)cc2)c2cccc(CO[Si](c3ccccc3)(c3ccccc3)C(C)(C)C)c12. The highest BCUT2D eigenvalue weighted by Gasteiger charge is 2.50. The quantitative estimate of drug-likeness (QED) is 0.0953. The average molecular weight is 638 g/mol. The zero-order valence-electron chi connectivity index (χ0n) is 26.4. The number of aryl methyl sites for hydroxylation is 1. The van der Waals surface area contributed by atoms with Crippen LogP contribution < -0.4 is 10.4 Å². The summed E-state index contributed by atoms with van der Waals surface area (Å²) in [6.45, 7) is 10.8. The molecule has 6 nitrogen and oxygen atoms in total. The zero-order valence-corrected chi connectivity index (χ0v) is 28.2. The molecule has 0 unspecified atom stereocenters. The van der Waals surface area contributed by atoms with Crippen molar-refractivity contribution in [3.63, 3.8) is 0 Å². The number of hydrogen-bond acceptors (Lipinski definition) is 5. The Morgan fingerprint density at radius 3 is 2.00 bits per heavy atom. The van der Waals surface area contributed by atoms with E-state index >= 15 is 0 Å². The van der Waals surface area contributed by atoms with Crippen LogP contribution >= 0.6 is 0 Å². The second-order valence-electron chi connectivity index (χ2n) is 12.0. The summed E-state index contributed by atoms with van der Waals surface area (Å²) in [6.07, 6.45) is 4.52. The van der Waals surface area contributed by atoms with Crippen molar-refractivity contribution in [3.8, 4) is 0 Å². The van der Waals surface area contributed by atoms with E-state index in [1.54, 1.807) is 49.5 Å². The van der Waals surface area contributed by atoms with Crippen molar-refractivity contribution in [1.29, 1.82) is 0 Å². The lowest BCUT2D eigenvalue weighted by Crippen LogP contribution is -2.66. The van der Waals surface area contributed by atoms with Crippen LogP contribution in [0.5, 0.6) is 0 Å². The Morgan fingerprint density at radius 2 is 1.44 bits per heavy atom. The fraction of sp³-hybridized carbons (Fsp3) is 0.216. The maximum Gasteiger partial charge on any atom is 0.330 e. The van der Waals surface area contributed by atoms with Gasteiger partial charge in [0.2, 0.25) is 0 Å². The molecule has 0 spiro atoms. The van der Waals surface area contributed by atoms with Gasteiger partial charge in [-0.1, -0.05) is 111 Å². The molecule has 0 atom stereocenters. The van der Waals surface area contributed by atoms with Gasteiger partial charge in [-0.3, -0.25) is 0 Å². The Bertz CT molecular complexity index is 1890. The van der Waals surface area contributed by atoms with Gasteiger partial charge >= 0.3 is 5.97 Å². The van der Waals surface area contributed by atoms with Gasteiger partial charge in [0, 0.05) is 23.2 Å². The molecule has 5 rings (SSSR count). The largest absolute Gasteiger partial charge is 0.463 e. The summed E-state index contributed by atoms with van der Waals surface area (Å²) in [5.74, 6) is -0.499. The molecular weight excluding hydrogens is 599 g/mol. The van der Waals surface area contributed by atoms with E-state index in [4.69, 9.17) is 9.16 Å². The highest BCUT2D eigenvalue weighted by atomic mass is 32.2. The molecule has 1 aromatic heterocycles. The maximum absolute atomic E-state index is 14.0. The molecule has 0 bridgehead atoms. The van der Waals surface area contributed by atoms with Crippen LogP contribution in [0.15, 0.2) is 120 Å². The van der Waals surface area contributed by atoms with Gasteiger partial charge in [0.25, 0.3) is 18.3 Å². The number of hydrogen-bond donors (Lipinski definition) is 0. The molecule has 0 aliphatic rings. The summed E-state index contributed by atoms with van der Waals surface area (Å²) >= 11 is 0. The van der Waals surface area contributed by atoms with E-state index < -0.39 is 24.3 Å². The predicted octanol–water partition coefficient (Wildman–Crippen LogP) is 6.84. The molecule has 0 saturated heterocycles. The Morgan fingerprint density at radius 1 is 0.844 bits per heavy atom. The highest BCUT2D eigenvalue weighted by Crippen LogP contribution is 2.38. The van der Waals surface area contributed by atoms with Gasteiger partial charge in [0.05, 0.1) is 23.6 Å². The molecule has 0 saturated carbocycles. The first-order chi connectivity index (χ1) is 21.5. The molecular formula is C37H39NO5SSi. The molecule has 1 heterocycles. The minimum Gasteiger partial charge on any atom is -0.463 e. The number of rotatable bonds is 10. The molecule has 5 aromatic rings. The predicted molar refractivity (Wildman–Crippen MR) is 184 cm³/mol. The molecule has 45 heavy (non-hydrogen) atoms. The number of fused-ring (bicyclic) bond motifs is 1. The van der Waals surface area contributed by atoms with Gasteiger partial charge in [-0.2, -0.15) is 0 Å². The molecule has 8 heteroatoms. The van der Waals surface area contributed by atoms with Crippen LogP contribution in [0.4, 0.5) is 0 Å². The number of carbonyl (C=O) groups is 1. The van der Waals surface area contributed by atoms with Crippen LogP contribution in [0.3, 0.4) is 0 Å². The molecule has 0 radical (unpaired) electrons. The van der Waals surface area contributed by atoms with Crippen molar-refractivity contribution in [3.05, 3.63) is 132 Å². The number of nitrogens with zero attached hydrogens (tertiary/aromatic N) is 1. The first-order valence-electron chi connectivity index (χ1n) is 15.0. The summed E-state index contributed by atoms with van der Waals surface area (Å²) in [6, 6.07) is 33.2. The highest BCUT2D eigenvalue weighted by molar-refractivity contribution is 7.90. The fourth-order valence-corrected chi connectivity index (χ4v) is 11.8. The van der Waals surface area contributed by atoms with Gasteiger partial charge in [-0.05, 0) is 59.1 Å². The van der Waals surface area contributed by atoms with Gasteiger partial charge in [0.15, 0.2) is 0 Å². The topological polar surface area (TPSA) is 74.6 Å². The van der Waals surface area contributed by atoms with E-state index in [-0.39, 0.29) is 23.1 Å². The lowest BCUT2D eigenvalue weighted by molar-refractivity contribution is -0.137. The van der Waals surface area contributed by atoms with Gasteiger partial charge in [-0.25, -0.2) is 17.2 Å². The number of benzene rings is 4. The zero-order chi connectivity index (χ0) is 32.2. The van der Waals surface area contributed by atoms with E-state index in [2.05, 4.69) is 45.0 Å². The van der Waals surface area contributed by atoms with Gasteiger partial charge in [0.1, 0.15) is 0 Å². The smallest absolute Gasteiger partial charge is 0.330 e. The third-order valence-electron chi connectivity index (χ3n) is 8.04. The van der Waals surface area contributed by atoms with Crippen LogP contribution in [0.25, 0.3) is 17.0 Å². The van der Waals surface area contributed by atoms with Crippen molar-refractivity contribution in [2.24, 2.45) is 0 Å². The normalized spacial score (nSPS) is 12.6. The van der Waals surface area contributed by atoms with E-state index in [9.17, 15) is 13.2 Å². The van der Waals surface area contributed by atoms with Gasteiger partial charge < -0.3 is 9.16 Å². The van der Waals surface area contributed by atoms with Crippen LogP contribution in [-0.2, 0) is 30.6 Å². The van der Waals surface area contributed by atoms with E-state index in [0.717, 1.165) is 21.5 Å².